The maximum atomic E-state index is 9.35. The summed E-state index contributed by atoms with van der Waals surface area (Å²) >= 11 is 0. The summed E-state index contributed by atoms with van der Waals surface area (Å²) in [5.41, 5.74) is 6.08. The number of primary amides is 1. The van der Waals surface area contributed by atoms with E-state index in [9.17, 15) is 4.79 Å². The number of rotatable bonds is 0. The maximum absolute atomic E-state index is 9.35. The first kappa shape index (κ1) is 15.9. The van der Waals surface area contributed by atoms with Crippen LogP contribution in [0.2, 0.25) is 0 Å². The molecular formula is CH7KN3NaO. The molecular weight excluding hydrogens is 132 g/mol. The Labute approximate surface area is 106 Å². The van der Waals surface area contributed by atoms with E-state index in [1.807, 2.05) is 0 Å². The number of nitrogens with two attached hydrogens (primary N) is 2. The summed E-state index contributed by atoms with van der Waals surface area (Å²) in [6.45, 7) is 0. The van der Waals surface area contributed by atoms with Crippen molar-refractivity contribution >= 4 is 87.0 Å². The molecule has 0 saturated carbocycles. The van der Waals surface area contributed by atoms with Gasteiger partial charge >= 0.3 is 87.0 Å². The number of hydrogen-bond donors (Lipinski definition) is 3. The standard InChI is InChI=1S/CH5N3O.K.Na.2H/c2-1(5)4-3;;;;/h3H2,(H3,2,4,5);;;;. The number of nitrogens with one attached hydrogen (secondary N) is 1. The molecule has 0 radical (unpaired) electrons. The average Bonchev–Trinajstić information content (AvgIpc) is 1.38. The summed E-state index contributed by atoms with van der Waals surface area (Å²) in [6.07, 6.45) is 0. The van der Waals surface area contributed by atoms with E-state index in [0.717, 1.165) is 0 Å². The Balaban J connectivity index is -0.0000000800. The van der Waals surface area contributed by atoms with Gasteiger partial charge in [0.1, 0.15) is 0 Å². The SMILES string of the molecule is NNC(N)=O.[KH].[NaH]. The first-order valence-electron chi connectivity index (χ1n) is 1.03. The molecule has 0 rings (SSSR count). The van der Waals surface area contributed by atoms with E-state index in [2.05, 4.69) is 11.6 Å². The van der Waals surface area contributed by atoms with Crippen molar-refractivity contribution in [3.05, 3.63) is 0 Å². The summed E-state index contributed by atoms with van der Waals surface area (Å²) in [6, 6.07) is -0.718. The molecule has 0 aliphatic rings. The minimum absolute atomic E-state index is 0. The molecule has 0 saturated heterocycles. The third kappa shape index (κ3) is 18.1. The van der Waals surface area contributed by atoms with Gasteiger partial charge in [0.15, 0.2) is 0 Å². The van der Waals surface area contributed by atoms with Gasteiger partial charge in [0.05, 0.1) is 0 Å². The molecule has 2 amide bonds. The first-order valence-corrected chi connectivity index (χ1v) is 1.03. The van der Waals surface area contributed by atoms with E-state index >= 15 is 0 Å². The first-order chi connectivity index (χ1) is 2.27. The van der Waals surface area contributed by atoms with E-state index in [0.29, 0.717) is 0 Å². The normalized spacial score (nSPS) is 4.71. The molecule has 0 atom stereocenters. The Hall–Kier alpha value is 1.87. The molecule has 0 unspecified atom stereocenters. The molecule has 0 bridgehead atoms. The van der Waals surface area contributed by atoms with Crippen LogP contribution in [0, 0.1) is 0 Å². The third-order valence-electron chi connectivity index (χ3n) is 0.142. The Morgan fingerprint density at radius 1 is 1.57 bits per heavy atom. The molecule has 4 nitrogen and oxygen atoms in total. The van der Waals surface area contributed by atoms with Crippen LogP contribution in [0.4, 0.5) is 4.79 Å². The number of hydrazine groups is 1. The number of amides is 2. The fourth-order valence-electron chi connectivity index (χ4n) is 0. The van der Waals surface area contributed by atoms with Crippen molar-refractivity contribution in [3.63, 3.8) is 0 Å². The van der Waals surface area contributed by atoms with E-state index < -0.39 is 6.03 Å². The quantitative estimate of drug-likeness (QED) is 0.147. The second-order valence-corrected chi connectivity index (χ2v) is 0.509. The molecule has 0 aliphatic heterocycles. The average molecular weight is 139 g/mol. The summed E-state index contributed by atoms with van der Waals surface area (Å²) in [4.78, 5) is 9.35. The predicted molar refractivity (Wildman–Crippen MR) is 31.2 cm³/mol. The number of carbonyl (C=O) groups is 1. The van der Waals surface area contributed by atoms with Crippen molar-refractivity contribution in [2.75, 3.05) is 0 Å². The zero-order chi connectivity index (χ0) is 4.28. The summed E-state index contributed by atoms with van der Waals surface area (Å²) in [5, 5.41) is 0. The van der Waals surface area contributed by atoms with E-state index in [-0.39, 0.29) is 80.9 Å². The van der Waals surface area contributed by atoms with Crippen LogP contribution >= 0.6 is 0 Å². The van der Waals surface area contributed by atoms with Crippen LogP contribution in [-0.2, 0) is 0 Å². The van der Waals surface area contributed by atoms with E-state index in [1.54, 1.807) is 5.43 Å². The van der Waals surface area contributed by atoms with Crippen LogP contribution in [0.3, 0.4) is 0 Å². The molecule has 0 aromatic rings. The van der Waals surface area contributed by atoms with E-state index in [1.165, 1.54) is 0 Å². The van der Waals surface area contributed by atoms with Gasteiger partial charge in [-0.15, -0.1) is 0 Å². The number of hydrogen-bond acceptors (Lipinski definition) is 2. The van der Waals surface area contributed by atoms with Crippen LogP contribution < -0.4 is 17.0 Å². The van der Waals surface area contributed by atoms with Crippen LogP contribution in [-0.4, -0.2) is 87.0 Å². The molecule has 0 heterocycles. The number of urea groups is 1. The Bertz CT molecular complexity index is 50.2. The number of carbonyl (C=O) groups excluding carboxylic acids is 1. The van der Waals surface area contributed by atoms with Crippen LogP contribution in [0.15, 0.2) is 0 Å². The Kier molecular flexibility index (Phi) is 24.5. The van der Waals surface area contributed by atoms with Crippen LogP contribution in [0.1, 0.15) is 0 Å². The van der Waals surface area contributed by atoms with Crippen LogP contribution in [0.5, 0.6) is 0 Å². The molecule has 7 heavy (non-hydrogen) atoms. The van der Waals surface area contributed by atoms with Crippen LogP contribution in [0.25, 0.3) is 0 Å². The fraction of sp³-hybridized carbons (Fsp3) is 0. The zero-order valence-electron chi connectivity index (χ0n) is 2.56. The monoisotopic (exact) mass is 139 g/mol. The zero-order valence-corrected chi connectivity index (χ0v) is 2.56. The molecule has 34 valence electrons. The van der Waals surface area contributed by atoms with Crippen molar-refractivity contribution < 1.29 is 4.79 Å². The van der Waals surface area contributed by atoms with Gasteiger partial charge in [-0.3, -0.25) is 5.43 Å². The molecule has 0 spiro atoms. The van der Waals surface area contributed by atoms with Crippen molar-refractivity contribution in [1.82, 2.24) is 5.43 Å². The van der Waals surface area contributed by atoms with E-state index in [4.69, 9.17) is 0 Å². The summed E-state index contributed by atoms with van der Waals surface area (Å²) < 4.78 is 0. The fourth-order valence-corrected chi connectivity index (χ4v) is 0. The van der Waals surface area contributed by atoms with Gasteiger partial charge < -0.3 is 5.73 Å². The van der Waals surface area contributed by atoms with Gasteiger partial charge in [0.25, 0.3) is 0 Å². The van der Waals surface area contributed by atoms with Gasteiger partial charge in [-0.1, -0.05) is 0 Å². The van der Waals surface area contributed by atoms with Crippen molar-refractivity contribution in [3.8, 4) is 0 Å². The molecule has 0 aliphatic carbocycles. The minimum atomic E-state index is -0.718. The van der Waals surface area contributed by atoms with Gasteiger partial charge in [-0.05, 0) is 0 Å². The topological polar surface area (TPSA) is 81.1 Å². The summed E-state index contributed by atoms with van der Waals surface area (Å²) in [7, 11) is 0. The van der Waals surface area contributed by atoms with Gasteiger partial charge in [0, 0.05) is 0 Å². The molecule has 6 heteroatoms. The van der Waals surface area contributed by atoms with Crippen molar-refractivity contribution in [2.24, 2.45) is 11.6 Å². The van der Waals surface area contributed by atoms with Crippen molar-refractivity contribution in [2.45, 2.75) is 0 Å². The van der Waals surface area contributed by atoms with Gasteiger partial charge in [0.2, 0.25) is 0 Å². The molecule has 0 fully saturated rings. The Morgan fingerprint density at radius 2 is 1.71 bits per heavy atom. The second kappa shape index (κ2) is 10.8. The Morgan fingerprint density at radius 3 is 1.71 bits per heavy atom. The predicted octanol–water partition coefficient (Wildman–Crippen LogP) is -2.77. The second-order valence-electron chi connectivity index (χ2n) is 0.509. The molecule has 0 aromatic carbocycles. The molecule has 5 N–H and O–H groups in total. The summed E-state index contributed by atoms with van der Waals surface area (Å²) in [5.74, 6) is 4.45. The van der Waals surface area contributed by atoms with Gasteiger partial charge in [-0.2, -0.15) is 0 Å². The van der Waals surface area contributed by atoms with Crippen molar-refractivity contribution in [1.29, 1.82) is 0 Å². The van der Waals surface area contributed by atoms with Gasteiger partial charge in [-0.25, -0.2) is 10.6 Å². The third-order valence-corrected chi connectivity index (χ3v) is 0.142. The molecule has 0 aromatic heterocycles.